The molecule has 1 saturated heterocycles. The Bertz CT molecular complexity index is 909. The summed E-state index contributed by atoms with van der Waals surface area (Å²) in [6.07, 6.45) is 10.3. The largest absolute Gasteiger partial charge is 0.384 e. The number of hydrogen-bond acceptors (Lipinski definition) is 9. The van der Waals surface area contributed by atoms with Gasteiger partial charge in [0.2, 0.25) is 5.95 Å². The van der Waals surface area contributed by atoms with Crippen LogP contribution in [-0.2, 0) is 0 Å². The molecule has 2 aliphatic heterocycles. The standard InChI is InChI=1S/C21H28ClN9/c1-14-27-29-31(28-14)20-3-2-18(13-24-20)23-7-4-16-10-19(16)15-5-8-30(9-6-15)21-25-11-17(22)12-26-21/h2-3,11-13,15-16,19,23,29H,4-10H2,1H3,(H,27,28)/t16-,19-/m1/s1. The minimum absolute atomic E-state index is 0.588. The van der Waals surface area contributed by atoms with Crippen LogP contribution in [0.2, 0.25) is 5.02 Å². The van der Waals surface area contributed by atoms with Crippen molar-refractivity contribution in [1.29, 1.82) is 0 Å². The predicted octanol–water partition coefficient (Wildman–Crippen LogP) is 3.04. The number of nitrogens with zero attached hydrogens (tertiary/aromatic N) is 6. The summed E-state index contributed by atoms with van der Waals surface area (Å²) >= 11 is 5.90. The highest BCUT2D eigenvalue weighted by Gasteiger charge is 2.43. The zero-order chi connectivity index (χ0) is 21.2. The first-order valence-electron chi connectivity index (χ1n) is 10.9. The molecular weight excluding hydrogens is 414 g/mol. The van der Waals surface area contributed by atoms with E-state index >= 15 is 0 Å². The maximum absolute atomic E-state index is 5.90. The lowest BCUT2D eigenvalue weighted by Crippen LogP contribution is -2.38. The van der Waals surface area contributed by atoms with E-state index in [2.05, 4.69) is 41.2 Å². The van der Waals surface area contributed by atoms with Crippen LogP contribution in [0.4, 0.5) is 17.5 Å². The summed E-state index contributed by atoms with van der Waals surface area (Å²) in [5.41, 5.74) is 6.92. The van der Waals surface area contributed by atoms with Gasteiger partial charge in [0.25, 0.3) is 0 Å². The third-order valence-electron chi connectivity index (χ3n) is 6.41. The maximum atomic E-state index is 5.90. The highest BCUT2D eigenvalue weighted by atomic mass is 35.5. The topological polar surface area (TPSA) is 93.6 Å². The van der Waals surface area contributed by atoms with Crippen LogP contribution in [0.5, 0.6) is 0 Å². The molecule has 9 nitrogen and oxygen atoms in total. The number of pyridine rings is 1. The van der Waals surface area contributed by atoms with E-state index < -0.39 is 0 Å². The normalized spacial score (nSPS) is 23.5. The van der Waals surface area contributed by atoms with Gasteiger partial charge in [0.05, 0.1) is 29.3 Å². The predicted molar refractivity (Wildman–Crippen MR) is 123 cm³/mol. The second kappa shape index (κ2) is 8.84. The summed E-state index contributed by atoms with van der Waals surface area (Å²) in [6.45, 7) is 4.96. The maximum Gasteiger partial charge on any atom is 0.225 e. The number of halogens is 1. The molecule has 2 aromatic rings. The Morgan fingerprint density at radius 2 is 1.94 bits per heavy atom. The molecule has 0 spiro atoms. The Balaban J connectivity index is 1.02. The van der Waals surface area contributed by atoms with Crippen molar-refractivity contribution in [2.45, 2.75) is 32.6 Å². The van der Waals surface area contributed by atoms with Gasteiger partial charge in [-0.05, 0) is 62.5 Å². The highest BCUT2D eigenvalue weighted by molar-refractivity contribution is 6.30. The first-order valence-corrected chi connectivity index (χ1v) is 11.3. The number of piperidine rings is 1. The van der Waals surface area contributed by atoms with Crippen LogP contribution < -0.4 is 26.3 Å². The number of aromatic nitrogens is 3. The van der Waals surface area contributed by atoms with E-state index in [0.717, 1.165) is 60.7 Å². The summed E-state index contributed by atoms with van der Waals surface area (Å²) in [4.78, 5) is 15.5. The molecule has 10 heteroatoms. The van der Waals surface area contributed by atoms with E-state index in [1.54, 1.807) is 17.5 Å². The fourth-order valence-electron chi connectivity index (χ4n) is 4.64. The number of anilines is 3. The van der Waals surface area contributed by atoms with E-state index in [0.29, 0.717) is 5.02 Å². The third-order valence-corrected chi connectivity index (χ3v) is 6.61. The fourth-order valence-corrected chi connectivity index (χ4v) is 4.73. The molecule has 0 unspecified atom stereocenters. The number of hydrazone groups is 1. The SMILES string of the molecule is CC1=NN(c2ccc(NCC[C@@H]3C[C@@H]3C3CCN(c4ncc(Cl)cn4)CC3)cn2)NN1. The van der Waals surface area contributed by atoms with Gasteiger partial charge in [0, 0.05) is 19.6 Å². The average molecular weight is 442 g/mol. The molecule has 3 aliphatic rings. The summed E-state index contributed by atoms with van der Waals surface area (Å²) < 4.78 is 0. The first kappa shape index (κ1) is 20.3. The zero-order valence-corrected chi connectivity index (χ0v) is 18.4. The van der Waals surface area contributed by atoms with Gasteiger partial charge in [-0.15, -0.1) is 10.6 Å². The van der Waals surface area contributed by atoms with Gasteiger partial charge in [-0.25, -0.2) is 15.0 Å². The molecule has 4 heterocycles. The van der Waals surface area contributed by atoms with Crippen molar-refractivity contribution in [2.24, 2.45) is 22.9 Å². The molecule has 0 amide bonds. The Labute approximate surface area is 187 Å². The van der Waals surface area contributed by atoms with Gasteiger partial charge in [-0.1, -0.05) is 11.6 Å². The van der Waals surface area contributed by atoms with Crippen molar-refractivity contribution < 1.29 is 0 Å². The molecule has 1 aliphatic carbocycles. The van der Waals surface area contributed by atoms with Crippen LogP contribution >= 0.6 is 11.6 Å². The summed E-state index contributed by atoms with van der Waals surface area (Å²) in [5, 5.41) is 10.0. The second-order valence-electron chi connectivity index (χ2n) is 8.54. The summed E-state index contributed by atoms with van der Waals surface area (Å²) in [7, 11) is 0. The first-order chi connectivity index (χ1) is 15.2. The lowest BCUT2D eigenvalue weighted by molar-refractivity contribution is 0.343. The number of rotatable bonds is 7. The number of hydrogen-bond donors (Lipinski definition) is 3. The minimum Gasteiger partial charge on any atom is -0.384 e. The van der Waals surface area contributed by atoms with Crippen molar-refractivity contribution in [3.8, 4) is 0 Å². The van der Waals surface area contributed by atoms with Gasteiger partial charge in [0.15, 0.2) is 5.82 Å². The molecule has 31 heavy (non-hydrogen) atoms. The van der Waals surface area contributed by atoms with Crippen molar-refractivity contribution in [1.82, 2.24) is 25.9 Å². The van der Waals surface area contributed by atoms with E-state index in [1.807, 2.05) is 25.3 Å². The van der Waals surface area contributed by atoms with Crippen molar-refractivity contribution >= 4 is 34.9 Å². The van der Waals surface area contributed by atoms with E-state index in [1.165, 1.54) is 25.7 Å². The monoisotopic (exact) mass is 441 g/mol. The fraction of sp³-hybridized carbons (Fsp3) is 0.524. The number of amidine groups is 1. The summed E-state index contributed by atoms with van der Waals surface area (Å²) in [6, 6.07) is 4.00. The summed E-state index contributed by atoms with van der Waals surface area (Å²) in [5.74, 6) is 4.93. The van der Waals surface area contributed by atoms with Gasteiger partial charge in [0.1, 0.15) is 5.84 Å². The second-order valence-corrected chi connectivity index (χ2v) is 8.98. The minimum atomic E-state index is 0.588. The molecule has 2 atom stereocenters. The van der Waals surface area contributed by atoms with Crippen molar-refractivity contribution in [2.75, 3.05) is 35.0 Å². The van der Waals surface area contributed by atoms with E-state index in [-0.39, 0.29) is 0 Å². The molecule has 2 fully saturated rings. The average Bonchev–Trinajstić information content (AvgIpc) is 3.44. The third kappa shape index (κ3) is 4.83. The van der Waals surface area contributed by atoms with Gasteiger partial charge in [-0.3, -0.25) is 5.43 Å². The van der Waals surface area contributed by atoms with Crippen molar-refractivity contribution in [3.63, 3.8) is 0 Å². The quantitative estimate of drug-likeness (QED) is 0.603. The molecule has 0 radical (unpaired) electrons. The zero-order valence-electron chi connectivity index (χ0n) is 17.6. The van der Waals surface area contributed by atoms with Crippen LogP contribution in [0.15, 0.2) is 35.8 Å². The Kier molecular flexibility index (Phi) is 5.78. The molecule has 2 aromatic heterocycles. The van der Waals surface area contributed by atoms with Crippen LogP contribution in [-0.4, -0.2) is 40.4 Å². The van der Waals surface area contributed by atoms with Crippen LogP contribution in [0.3, 0.4) is 0 Å². The van der Waals surface area contributed by atoms with E-state index in [4.69, 9.17) is 11.6 Å². The van der Waals surface area contributed by atoms with Crippen LogP contribution in [0.25, 0.3) is 0 Å². The molecule has 3 N–H and O–H groups in total. The van der Waals surface area contributed by atoms with Crippen LogP contribution in [0.1, 0.15) is 32.6 Å². The van der Waals surface area contributed by atoms with Gasteiger partial charge in [-0.2, -0.15) is 5.12 Å². The number of hydrazine groups is 2. The van der Waals surface area contributed by atoms with Crippen molar-refractivity contribution in [3.05, 3.63) is 35.7 Å². The molecule has 5 rings (SSSR count). The molecule has 164 valence electrons. The molecule has 1 saturated carbocycles. The molecule has 0 aromatic carbocycles. The molecule has 0 bridgehead atoms. The van der Waals surface area contributed by atoms with Gasteiger partial charge >= 0.3 is 0 Å². The Hall–Kier alpha value is -2.65. The lowest BCUT2D eigenvalue weighted by atomic mass is 9.90. The smallest absolute Gasteiger partial charge is 0.225 e. The number of nitrogens with one attached hydrogen (secondary N) is 3. The van der Waals surface area contributed by atoms with E-state index in [9.17, 15) is 0 Å². The van der Waals surface area contributed by atoms with Crippen LogP contribution in [0, 0.1) is 17.8 Å². The Morgan fingerprint density at radius 1 is 1.13 bits per heavy atom. The highest BCUT2D eigenvalue weighted by Crippen LogP contribution is 2.49. The Morgan fingerprint density at radius 3 is 2.61 bits per heavy atom. The lowest BCUT2D eigenvalue weighted by Gasteiger charge is -2.32. The van der Waals surface area contributed by atoms with Gasteiger partial charge < -0.3 is 10.2 Å². The molecular formula is C21H28ClN9.